The van der Waals surface area contributed by atoms with Gasteiger partial charge in [0.15, 0.2) is 0 Å². The molecule has 6 heteroatoms. The van der Waals surface area contributed by atoms with Crippen molar-refractivity contribution in [3.8, 4) is 0 Å². The van der Waals surface area contributed by atoms with Gasteiger partial charge in [0.2, 0.25) is 5.91 Å². The van der Waals surface area contributed by atoms with Crippen LogP contribution in [0, 0.1) is 0 Å². The number of hydrogen-bond acceptors (Lipinski definition) is 5. The minimum atomic E-state index is -0.673. The maximum absolute atomic E-state index is 12.5. The van der Waals surface area contributed by atoms with Crippen molar-refractivity contribution in [2.24, 2.45) is 0 Å². The highest BCUT2D eigenvalue weighted by Crippen LogP contribution is 2.17. The quantitative estimate of drug-likeness (QED) is 0.0321. The second-order valence-corrected chi connectivity index (χ2v) is 20.0. The molecule has 0 saturated carbocycles. The zero-order chi connectivity index (χ0) is 47.2. The minimum Gasteiger partial charge on any atom is -0.466 e. The van der Waals surface area contributed by atoms with Crippen LogP contribution in [0.4, 0.5) is 0 Å². The number of aliphatic hydroxyl groups is 2. The number of allylic oxidation sites excluding steroid dienone is 4. The van der Waals surface area contributed by atoms with Gasteiger partial charge in [0, 0.05) is 12.8 Å². The van der Waals surface area contributed by atoms with Crippen molar-refractivity contribution in [3.63, 3.8) is 0 Å². The number of ether oxygens (including phenoxy) is 1. The predicted octanol–water partition coefficient (Wildman–Crippen LogP) is 17.9. The SMILES string of the molecule is CCCC/C=C\CCCCCCCC(=O)OCCCCCCCCCCC/C=C\CCCCCCCC(=O)NC(CO)C(O)CCCCCCCCCCCCCCCCCCCCC. The molecule has 6 nitrogen and oxygen atoms in total. The van der Waals surface area contributed by atoms with Crippen LogP contribution in [0.5, 0.6) is 0 Å². The molecule has 2 unspecified atom stereocenters. The van der Waals surface area contributed by atoms with Crippen LogP contribution in [-0.2, 0) is 14.3 Å². The van der Waals surface area contributed by atoms with E-state index in [9.17, 15) is 19.8 Å². The first-order valence-electron chi connectivity index (χ1n) is 29.1. The third kappa shape index (κ3) is 51.6. The molecule has 2 atom stereocenters. The molecule has 384 valence electrons. The molecule has 1 amide bonds. The number of nitrogens with one attached hydrogen (secondary N) is 1. The van der Waals surface area contributed by atoms with Crippen LogP contribution in [0.25, 0.3) is 0 Å². The number of rotatable bonds is 54. The molecule has 0 aliphatic carbocycles. The fourth-order valence-corrected chi connectivity index (χ4v) is 8.97. The fourth-order valence-electron chi connectivity index (χ4n) is 8.97. The molecule has 0 aromatic carbocycles. The van der Waals surface area contributed by atoms with Crippen LogP contribution in [-0.4, -0.2) is 47.4 Å². The Balaban J connectivity index is 3.46. The molecule has 65 heavy (non-hydrogen) atoms. The van der Waals surface area contributed by atoms with E-state index in [2.05, 4.69) is 43.5 Å². The number of esters is 1. The van der Waals surface area contributed by atoms with Crippen molar-refractivity contribution in [1.29, 1.82) is 0 Å². The number of unbranched alkanes of at least 4 members (excludes halogenated alkanes) is 39. The highest BCUT2D eigenvalue weighted by molar-refractivity contribution is 5.76. The van der Waals surface area contributed by atoms with Gasteiger partial charge in [-0.05, 0) is 70.6 Å². The number of carbonyl (C=O) groups is 2. The lowest BCUT2D eigenvalue weighted by molar-refractivity contribution is -0.143. The van der Waals surface area contributed by atoms with Crippen LogP contribution in [0.3, 0.4) is 0 Å². The Hall–Kier alpha value is -1.66. The summed E-state index contributed by atoms with van der Waals surface area (Å²) in [6.07, 6.45) is 66.0. The van der Waals surface area contributed by atoms with Gasteiger partial charge in [0.1, 0.15) is 0 Å². The van der Waals surface area contributed by atoms with Gasteiger partial charge in [0.25, 0.3) is 0 Å². The van der Waals surface area contributed by atoms with Crippen molar-refractivity contribution in [3.05, 3.63) is 24.3 Å². The number of amides is 1. The van der Waals surface area contributed by atoms with E-state index in [0.717, 1.165) is 57.8 Å². The molecular formula is C59H113NO5. The maximum Gasteiger partial charge on any atom is 0.305 e. The lowest BCUT2D eigenvalue weighted by Crippen LogP contribution is -2.45. The van der Waals surface area contributed by atoms with E-state index in [4.69, 9.17) is 4.74 Å². The first kappa shape index (κ1) is 63.3. The fraction of sp³-hybridized carbons (Fsp3) is 0.898. The molecule has 0 aromatic heterocycles. The van der Waals surface area contributed by atoms with E-state index >= 15 is 0 Å². The molecule has 0 radical (unpaired) electrons. The van der Waals surface area contributed by atoms with Crippen molar-refractivity contribution in [2.75, 3.05) is 13.2 Å². The van der Waals surface area contributed by atoms with Gasteiger partial charge in [-0.15, -0.1) is 0 Å². The van der Waals surface area contributed by atoms with Crippen molar-refractivity contribution >= 4 is 11.9 Å². The van der Waals surface area contributed by atoms with E-state index in [1.165, 1.54) is 225 Å². The lowest BCUT2D eigenvalue weighted by atomic mass is 10.0. The zero-order valence-corrected chi connectivity index (χ0v) is 43.7. The van der Waals surface area contributed by atoms with E-state index in [0.29, 0.717) is 25.9 Å². The first-order chi connectivity index (χ1) is 32.0. The summed E-state index contributed by atoms with van der Waals surface area (Å²) in [5.41, 5.74) is 0. The van der Waals surface area contributed by atoms with Gasteiger partial charge in [-0.25, -0.2) is 0 Å². The summed E-state index contributed by atoms with van der Waals surface area (Å²) >= 11 is 0. The molecule has 0 aromatic rings. The molecule has 0 saturated heterocycles. The number of aliphatic hydroxyl groups excluding tert-OH is 2. The van der Waals surface area contributed by atoms with E-state index in [1.54, 1.807) is 0 Å². The Morgan fingerprint density at radius 2 is 0.738 bits per heavy atom. The topological polar surface area (TPSA) is 95.9 Å². The normalized spacial score (nSPS) is 12.7. The summed E-state index contributed by atoms with van der Waals surface area (Å²) in [7, 11) is 0. The third-order valence-corrected chi connectivity index (χ3v) is 13.5. The Labute approximate surface area is 405 Å². The molecule has 0 fully saturated rings. The summed E-state index contributed by atoms with van der Waals surface area (Å²) in [6, 6.07) is -0.552. The van der Waals surface area contributed by atoms with Crippen LogP contribution < -0.4 is 5.32 Å². The largest absolute Gasteiger partial charge is 0.466 e. The van der Waals surface area contributed by atoms with Crippen molar-refractivity contribution in [1.82, 2.24) is 5.32 Å². The Kier molecular flexibility index (Phi) is 53.5. The first-order valence-corrected chi connectivity index (χ1v) is 29.1. The van der Waals surface area contributed by atoms with Crippen LogP contribution in [0.1, 0.15) is 316 Å². The van der Waals surface area contributed by atoms with E-state index in [1.807, 2.05) is 0 Å². The van der Waals surface area contributed by atoms with Gasteiger partial charge in [-0.2, -0.15) is 0 Å². The molecule has 3 N–H and O–H groups in total. The van der Waals surface area contributed by atoms with Gasteiger partial charge < -0.3 is 20.3 Å². The predicted molar refractivity (Wildman–Crippen MR) is 283 cm³/mol. The second-order valence-electron chi connectivity index (χ2n) is 20.0. The van der Waals surface area contributed by atoms with E-state index < -0.39 is 12.1 Å². The Bertz CT molecular complexity index is 1010. The van der Waals surface area contributed by atoms with Gasteiger partial charge >= 0.3 is 5.97 Å². The number of hydrogen-bond donors (Lipinski definition) is 3. The molecular weight excluding hydrogens is 803 g/mol. The monoisotopic (exact) mass is 916 g/mol. The van der Waals surface area contributed by atoms with Gasteiger partial charge in [-0.3, -0.25) is 9.59 Å². The smallest absolute Gasteiger partial charge is 0.305 e. The molecule has 0 aliphatic heterocycles. The maximum atomic E-state index is 12.5. The second kappa shape index (κ2) is 54.9. The van der Waals surface area contributed by atoms with Gasteiger partial charge in [-0.1, -0.05) is 256 Å². The van der Waals surface area contributed by atoms with Crippen LogP contribution >= 0.6 is 0 Å². The van der Waals surface area contributed by atoms with Gasteiger partial charge in [0.05, 0.1) is 25.4 Å². The zero-order valence-electron chi connectivity index (χ0n) is 43.7. The summed E-state index contributed by atoms with van der Waals surface area (Å²) in [4.78, 5) is 24.5. The Morgan fingerprint density at radius 1 is 0.415 bits per heavy atom. The summed E-state index contributed by atoms with van der Waals surface area (Å²) in [5, 5.41) is 23.3. The highest BCUT2D eigenvalue weighted by atomic mass is 16.5. The van der Waals surface area contributed by atoms with Crippen molar-refractivity contribution < 1.29 is 24.5 Å². The minimum absolute atomic E-state index is 0.00785. The van der Waals surface area contributed by atoms with E-state index in [-0.39, 0.29) is 18.5 Å². The molecule has 0 aliphatic rings. The molecule has 0 heterocycles. The summed E-state index contributed by atoms with van der Waals surface area (Å²) < 4.78 is 5.45. The standard InChI is InChI=1S/C59H113NO5/c1-3-5-7-9-11-13-15-16-17-18-19-22-25-28-32-35-39-43-47-51-57(62)56(55-61)60-58(63)52-48-44-40-36-33-29-26-23-20-21-24-27-30-34-38-42-46-50-54-65-59(64)53-49-45-41-37-31-14-12-10-8-6-4-2/h10,12,23,26,56-57,61-62H,3-9,11,13-22,24-25,27-55H2,1-2H3,(H,60,63)/b12-10-,26-23-. The van der Waals surface area contributed by atoms with Crippen molar-refractivity contribution in [2.45, 2.75) is 328 Å². The summed E-state index contributed by atoms with van der Waals surface area (Å²) in [5.74, 6) is -0.0550. The highest BCUT2D eigenvalue weighted by Gasteiger charge is 2.20. The average molecular weight is 917 g/mol. The third-order valence-electron chi connectivity index (χ3n) is 13.5. The summed E-state index contributed by atoms with van der Waals surface area (Å²) in [6.45, 7) is 4.91. The molecule has 0 rings (SSSR count). The molecule has 0 spiro atoms. The Morgan fingerprint density at radius 3 is 1.14 bits per heavy atom. The van der Waals surface area contributed by atoms with Crippen LogP contribution in [0.15, 0.2) is 24.3 Å². The lowest BCUT2D eigenvalue weighted by Gasteiger charge is -2.22. The average Bonchev–Trinajstić information content (AvgIpc) is 3.31. The molecule has 0 bridgehead atoms. The number of carbonyl (C=O) groups excluding carboxylic acids is 2. The van der Waals surface area contributed by atoms with Crippen LogP contribution in [0.2, 0.25) is 0 Å².